The van der Waals surface area contributed by atoms with Gasteiger partial charge >= 0.3 is 0 Å². The summed E-state index contributed by atoms with van der Waals surface area (Å²) in [6.45, 7) is 3.79. The van der Waals surface area contributed by atoms with Gasteiger partial charge in [0.1, 0.15) is 11.6 Å². The summed E-state index contributed by atoms with van der Waals surface area (Å²) < 4.78 is 7.72. The van der Waals surface area contributed by atoms with E-state index < -0.39 is 0 Å². The second kappa shape index (κ2) is 8.08. The van der Waals surface area contributed by atoms with E-state index in [0.29, 0.717) is 0 Å². The molecule has 24 heavy (non-hydrogen) atoms. The number of thioether (sulfide) groups is 1. The number of aryl methyl sites for hydroxylation is 1. The SMILES string of the molecule is CCc1nc2n(c1N(C)CSC)C=C(CC1=CCOCC1)CC=C2. The number of hydrogen-bond donors (Lipinski definition) is 0. The van der Waals surface area contributed by atoms with Gasteiger partial charge in [0.05, 0.1) is 24.8 Å². The molecule has 1 aromatic heterocycles. The fraction of sp³-hybridized carbons (Fsp3) is 0.526. The molecule has 0 amide bonds. The van der Waals surface area contributed by atoms with Crippen molar-refractivity contribution in [3.63, 3.8) is 0 Å². The van der Waals surface area contributed by atoms with Crippen LogP contribution in [0.5, 0.6) is 0 Å². The minimum absolute atomic E-state index is 0.760. The summed E-state index contributed by atoms with van der Waals surface area (Å²) in [6, 6.07) is 0. The van der Waals surface area contributed by atoms with Gasteiger partial charge in [0.15, 0.2) is 0 Å². The van der Waals surface area contributed by atoms with Crippen LogP contribution in [0.1, 0.15) is 37.7 Å². The number of ether oxygens (including phenoxy) is 1. The van der Waals surface area contributed by atoms with Crippen LogP contribution in [0.15, 0.2) is 23.3 Å². The molecule has 2 aliphatic heterocycles. The van der Waals surface area contributed by atoms with Crippen LogP contribution in [-0.4, -0.2) is 41.9 Å². The van der Waals surface area contributed by atoms with Crippen molar-refractivity contribution in [2.24, 2.45) is 0 Å². The van der Waals surface area contributed by atoms with Gasteiger partial charge in [-0.15, -0.1) is 11.8 Å². The standard InChI is InChI=1S/C19H27N3OS/c1-4-17-19(21(2)14-24-3)22-13-16(6-5-7-18(22)20-17)12-15-8-10-23-11-9-15/h5,7-8,13H,4,6,9-12,14H2,1-3H3. The van der Waals surface area contributed by atoms with Crippen molar-refractivity contribution < 1.29 is 4.74 Å². The topological polar surface area (TPSA) is 30.3 Å². The van der Waals surface area contributed by atoms with E-state index in [2.05, 4.69) is 54.1 Å². The van der Waals surface area contributed by atoms with Crippen molar-refractivity contribution in [3.05, 3.63) is 34.8 Å². The normalized spacial score (nSPS) is 17.1. The minimum atomic E-state index is 0.760. The Morgan fingerprint density at radius 3 is 2.96 bits per heavy atom. The smallest absolute Gasteiger partial charge is 0.138 e. The molecule has 0 saturated heterocycles. The number of anilines is 1. The number of hydrogen-bond acceptors (Lipinski definition) is 4. The molecule has 0 fully saturated rings. The van der Waals surface area contributed by atoms with Crippen LogP contribution >= 0.6 is 11.8 Å². The van der Waals surface area contributed by atoms with E-state index in [-0.39, 0.29) is 0 Å². The van der Waals surface area contributed by atoms with E-state index in [4.69, 9.17) is 9.72 Å². The zero-order chi connectivity index (χ0) is 16.9. The Morgan fingerprint density at radius 2 is 2.25 bits per heavy atom. The van der Waals surface area contributed by atoms with Gasteiger partial charge in [0.2, 0.25) is 0 Å². The van der Waals surface area contributed by atoms with E-state index in [9.17, 15) is 0 Å². The molecule has 0 aliphatic carbocycles. The van der Waals surface area contributed by atoms with Crippen molar-refractivity contribution >= 4 is 29.9 Å². The summed E-state index contributed by atoms with van der Waals surface area (Å²) in [7, 11) is 2.16. The average molecular weight is 346 g/mol. The van der Waals surface area contributed by atoms with Gasteiger partial charge in [-0.05, 0) is 43.6 Å². The second-order valence-electron chi connectivity index (χ2n) is 6.34. The maximum atomic E-state index is 5.43. The van der Waals surface area contributed by atoms with Crippen LogP contribution < -0.4 is 4.90 Å². The van der Waals surface area contributed by atoms with E-state index in [0.717, 1.165) is 50.6 Å². The third-order valence-corrected chi connectivity index (χ3v) is 5.12. The van der Waals surface area contributed by atoms with Gasteiger partial charge in [-0.3, -0.25) is 4.57 Å². The molecule has 2 aliphatic rings. The molecular weight excluding hydrogens is 318 g/mol. The maximum Gasteiger partial charge on any atom is 0.138 e. The fourth-order valence-corrected chi connectivity index (χ4v) is 3.83. The van der Waals surface area contributed by atoms with Crippen molar-refractivity contribution in [1.82, 2.24) is 9.55 Å². The Bertz CT molecular complexity index is 672. The molecule has 0 bridgehead atoms. The Hall–Kier alpha value is -1.46. The first-order valence-corrected chi connectivity index (χ1v) is 10.0. The van der Waals surface area contributed by atoms with Crippen LogP contribution in [0.25, 0.3) is 12.3 Å². The second-order valence-corrected chi connectivity index (χ2v) is 7.17. The Labute approximate surface area is 149 Å². The molecular formula is C19H27N3OS. The average Bonchev–Trinajstić information content (AvgIpc) is 2.82. The maximum absolute atomic E-state index is 5.43. The zero-order valence-electron chi connectivity index (χ0n) is 14.9. The van der Waals surface area contributed by atoms with E-state index in [1.807, 2.05) is 11.8 Å². The lowest BCUT2D eigenvalue weighted by molar-refractivity contribution is 0.154. The van der Waals surface area contributed by atoms with Gasteiger partial charge in [0.25, 0.3) is 0 Å². The molecule has 130 valence electrons. The Kier molecular flexibility index (Phi) is 5.85. The highest BCUT2D eigenvalue weighted by molar-refractivity contribution is 7.98. The summed E-state index contributed by atoms with van der Waals surface area (Å²) in [4.78, 5) is 7.17. The van der Waals surface area contributed by atoms with Gasteiger partial charge in [-0.2, -0.15) is 0 Å². The van der Waals surface area contributed by atoms with Crippen molar-refractivity contribution in [1.29, 1.82) is 0 Å². The molecule has 5 heteroatoms. The molecule has 0 saturated carbocycles. The van der Waals surface area contributed by atoms with Gasteiger partial charge < -0.3 is 9.64 Å². The fourth-order valence-electron chi connectivity index (χ4n) is 3.32. The van der Waals surface area contributed by atoms with Gasteiger partial charge in [-0.1, -0.05) is 24.6 Å². The summed E-state index contributed by atoms with van der Waals surface area (Å²) in [6.07, 6.45) is 15.1. The third kappa shape index (κ3) is 3.78. The van der Waals surface area contributed by atoms with Crippen LogP contribution in [-0.2, 0) is 11.2 Å². The van der Waals surface area contributed by atoms with Crippen LogP contribution in [0, 0.1) is 0 Å². The number of fused-ring (bicyclic) bond motifs is 1. The minimum Gasteiger partial charge on any atom is -0.377 e. The molecule has 0 unspecified atom stereocenters. The summed E-state index contributed by atoms with van der Waals surface area (Å²) in [5.41, 5.74) is 4.12. The van der Waals surface area contributed by atoms with Crippen molar-refractivity contribution in [2.45, 2.75) is 32.6 Å². The number of allylic oxidation sites excluding steroid dienone is 2. The summed E-state index contributed by atoms with van der Waals surface area (Å²) in [5, 5.41) is 0. The highest BCUT2D eigenvalue weighted by Crippen LogP contribution is 2.30. The molecule has 0 atom stereocenters. The molecule has 0 aromatic carbocycles. The Balaban J connectivity index is 1.94. The highest BCUT2D eigenvalue weighted by atomic mass is 32.2. The van der Waals surface area contributed by atoms with E-state index in [1.165, 1.54) is 22.7 Å². The number of imidazole rings is 1. The zero-order valence-corrected chi connectivity index (χ0v) is 15.7. The third-order valence-electron chi connectivity index (χ3n) is 4.47. The van der Waals surface area contributed by atoms with E-state index >= 15 is 0 Å². The molecule has 0 N–H and O–H groups in total. The lowest BCUT2D eigenvalue weighted by atomic mass is 10.00. The van der Waals surface area contributed by atoms with Crippen LogP contribution in [0.2, 0.25) is 0 Å². The molecule has 4 nitrogen and oxygen atoms in total. The monoisotopic (exact) mass is 345 g/mol. The quantitative estimate of drug-likeness (QED) is 0.571. The van der Waals surface area contributed by atoms with Crippen LogP contribution in [0.3, 0.4) is 0 Å². The number of rotatable bonds is 6. The van der Waals surface area contributed by atoms with Gasteiger partial charge in [-0.25, -0.2) is 4.98 Å². The first kappa shape index (κ1) is 17.4. The molecule has 3 heterocycles. The Morgan fingerprint density at radius 1 is 1.38 bits per heavy atom. The predicted octanol–water partition coefficient (Wildman–Crippen LogP) is 4.20. The first-order chi connectivity index (χ1) is 11.7. The van der Waals surface area contributed by atoms with E-state index in [1.54, 1.807) is 0 Å². The summed E-state index contributed by atoms with van der Waals surface area (Å²) in [5.74, 6) is 3.24. The van der Waals surface area contributed by atoms with Crippen molar-refractivity contribution in [2.75, 3.05) is 37.3 Å². The lowest BCUT2D eigenvalue weighted by Crippen LogP contribution is -2.20. The molecule has 3 rings (SSSR count). The lowest BCUT2D eigenvalue weighted by Gasteiger charge is -2.21. The molecule has 0 spiro atoms. The van der Waals surface area contributed by atoms with Gasteiger partial charge in [0, 0.05) is 13.2 Å². The summed E-state index contributed by atoms with van der Waals surface area (Å²) >= 11 is 1.84. The largest absolute Gasteiger partial charge is 0.377 e. The predicted molar refractivity (Wildman–Crippen MR) is 104 cm³/mol. The molecule has 1 aromatic rings. The van der Waals surface area contributed by atoms with Crippen molar-refractivity contribution in [3.8, 4) is 0 Å². The number of aromatic nitrogens is 2. The van der Waals surface area contributed by atoms with Crippen LogP contribution in [0.4, 0.5) is 5.82 Å². The first-order valence-electron chi connectivity index (χ1n) is 8.65. The number of nitrogens with zero attached hydrogens (tertiary/aromatic N) is 3. The molecule has 0 radical (unpaired) electrons. The highest BCUT2D eigenvalue weighted by Gasteiger charge is 2.19.